The number of hydroxylamine groups is 1. The molecule has 3 N–H and O–H groups in total. The molecule has 1 fully saturated rings. The molecular weight excluding hydrogens is 252 g/mol. The predicted molar refractivity (Wildman–Crippen MR) is 65.3 cm³/mol. The van der Waals surface area contributed by atoms with Crippen LogP contribution in [-0.2, 0) is 14.4 Å². The van der Waals surface area contributed by atoms with E-state index < -0.39 is 23.2 Å². The van der Waals surface area contributed by atoms with Gasteiger partial charge in [0.2, 0.25) is 5.91 Å². The van der Waals surface area contributed by atoms with Crippen LogP contribution in [0.5, 0.6) is 0 Å². The number of rotatable bonds is 5. The van der Waals surface area contributed by atoms with E-state index in [1.807, 2.05) is 0 Å². The number of carboxylic acid groups (broad SMARTS) is 1. The number of nitrogens with zero attached hydrogens (tertiary/aromatic N) is 1. The Labute approximate surface area is 111 Å². The fourth-order valence-electron chi connectivity index (χ4n) is 2.51. The third-order valence-electron chi connectivity index (χ3n) is 3.65. The molecule has 19 heavy (non-hydrogen) atoms. The molecule has 1 aliphatic carbocycles. The van der Waals surface area contributed by atoms with E-state index in [1.165, 1.54) is 10.4 Å². The van der Waals surface area contributed by atoms with Crippen LogP contribution in [0.15, 0.2) is 0 Å². The zero-order valence-electron chi connectivity index (χ0n) is 11.0. The predicted octanol–water partition coefficient (Wildman–Crippen LogP) is 0.375. The number of aliphatic carboxylic acids is 1. The molecule has 0 atom stereocenters. The van der Waals surface area contributed by atoms with E-state index >= 15 is 0 Å². The Morgan fingerprint density at radius 1 is 1.21 bits per heavy atom. The van der Waals surface area contributed by atoms with Crippen LogP contribution in [0.1, 0.15) is 39.0 Å². The van der Waals surface area contributed by atoms with Gasteiger partial charge < -0.3 is 10.0 Å². The maximum atomic E-state index is 12.4. The Bertz CT molecular complexity index is 363. The van der Waals surface area contributed by atoms with Crippen molar-refractivity contribution in [3.8, 4) is 0 Å². The molecular formula is C12H20N2O5. The van der Waals surface area contributed by atoms with Crippen molar-refractivity contribution in [1.29, 1.82) is 0 Å². The number of nitrogens with one attached hydrogen (secondary N) is 1. The van der Waals surface area contributed by atoms with Crippen molar-refractivity contribution in [3.63, 3.8) is 0 Å². The first kappa shape index (κ1) is 15.4. The summed E-state index contributed by atoms with van der Waals surface area (Å²) in [7, 11) is 0. The molecule has 1 aliphatic rings. The Hall–Kier alpha value is -1.63. The summed E-state index contributed by atoms with van der Waals surface area (Å²) in [5.74, 6) is -2.39. The molecule has 0 saturated heterocycles. The quantitative estimate of drug-likeness (QED) is 0.381. The van der Waals surface area contributed by atoms with Gasteiger partial charge in [-0.1, -0.05) is 19.3 Å². The zero-order chi connectivity index (χ0) is 14.5. The van der Waals surface area contributed by atoms with E-state index in [-0.39, 0.29) is 13.1 Å². The molecule has 1 saturated carbocycles. The van der Waals surface area contributed by atoms with Crippen molar-refractivity contribution in [2.45, 2.75) is 39.0 Å². The van der Waals surface area contributed by atoms with Gasteiger partial charge in [0.15, 0.2) is 0 Å². The molecule has 0 unspecified atom stereocenters. The van der Waals surface area contributed by atoms with Crippen LogP contribution < -0.4 is 5.48 Å². The SMILES string of the molecule is CCN(CC(=O)NO)C(=O)C1(C(=O)O)CCCCC1. The van der Waals surface area contributed by atoms with Gasteiger partial charge >= 0.3 is 5.97 Å². The number of carbonyl (C=O) groups excluding carboxylic acids is 2. The van der Waals surface area contributed by atoms with Gasteiger partial charge in [-0.15, -0.1) is 0 Å². The van der Waals surface area contributed by atoms with Gasteiger partial charge in [0.1, 0.15) is 12.0 Å². The van der Waals surface area contributed by atoms with Gasteiger partial charge in [-0.2, -0.15) is 0 Å². The minimum Gasteiger partial charge on any atom is -0.480 e. The van der Waals surface area contributed by atoms with E-state index in [0.29, 0.717) is 25.7 Å². The summed E-state index contributed by atoms with van der Waals surface area (Å²) in [5.41, 5.74) is 0.0364. The van der Waals surface area contributed by atoms with Gasteiger partial charge in [0.25, 0.3) is 5.91 Å². The van der Waals surface area contributed by atoms with Crippen molar-refractivity contribution in [1.82, 2.24) is 10.4 Å². The lowest BCUT2D eigenvalue weighted by molar-refractivity contribution is -0.164. The third-order valence-corrected chi connectivity index (χ3v) is 3.65. The number of carboxylic acids is 1. The summed E-state index contributed by atoms with van der Waals surface area (Å²) in [6.45, 7) is 1.56. The number of likely N-dealkylation sites (N-methyl/N-ethyl adjacent to an activating group) is 1. The highest BCUT2D eigenvalue weighted by Crippen LogP contribution is 2.38. The number of amides is 2. The molecule has 7 nitrogen and oxygen atoms in total. The molecule has 0 aromatic heterocycles. The number of hydrogen-bond acceptors (Lipinski definition) is 4. The summed E-state index contributed by atoms with van der Waals surface area (Å²) >= 11 is 0. The molecule has 1 rings (SSSR count). The van der Waals surface area contributed by atoms with Crippen LogP contribution in [0.2, 0.25) is 0 Å². The summed E-state index contributed by atoms with van der Waals surface area (Å²) in [6, 6.07) is 0. The molecule has 0 aromatic rings. The molecule has 2 amide bonds. The fourth-order valence-corrected chi connectivity index (χ4v) is 2.51. The zero-order valence-corrected chi connectivity index (χ0v) is 11.0. The number of carbonyl (C=O) groups is 3. The average Bonchev–Trinajstić information content (AvgIpc) is 2.44. The van der Waals surface area contributed by atoms with Crippen molar-refractivity contribution in [3.05, 3.63) is 0 Å². The van der Waals surface area contributed by atoms with E-state index in [1.54, 1.807) is 6.92 Å². The third kappa shape index (κ3) is 3.23. The Morgan fingerprint density at radius 2 is 1.79 bits per heavy atom. The Morgan fingerprint density at radius 3 is 2.21 bits per heavy atom. The maximum Gasteiger partial charge on any atom is 0.319 e. The first-order valence-corrected chi connectivity index (χ1v) is 6.43. The van der Waals surface area contributed by atoms with Crippen LogP contribution >= 0.6 is 0 Å². The molecule has 108 valence electrons. The van der Waals surface area contributed by atoms with Crippen LogP contribution in [-0.4, -0.2) is 46.1 Å². The lowest BCUT2D eigenvalue weighted by Gasteiger charge is -2.35. The van der Waals surface area contributed by atoms with Crippen molar-refractivity contribution < 1.29 is 24.7 Å². The monoisotopic (exact) mass is 272 g/mol. The van der Waals surface area contributed by atoms with E-state index in [0.717, 1.165) is 6.42 Å². The average molecular weight is 272 g/mol. The van der Waals surface area contributed by atoms with E-state index in [9.17, 15) is 19.5 Å². The highest BCUT2D eigenvalue weighted by molar-refractivity contribution is 6.03. The second kappa shape index (κ2) is 6.51. The smallest absolute Gasteiger partial charge is 0.319 e. The molecule has 0 aromatic carbocycles. The van der Waals surface area contributed by atoms with Gasteiger partial charge in [0.05, 0.1) is 0 Å². The van der Waals surface area contributed by atoms with E-state index in [4.69, 9.17) is 5.21 Å². The topological polar surface area (TPSA) is 107 Å². The van der Waals surface area contributed by atoms with Gasteiger partial charge in [-0.3, -0.25) is 19.6 Å². The lowest BCUT2D eigenvalue weighted by atomic mass is 9.73. The number of hydrogen-bond donors (Lipinski definition) is 3. The van der Waals surface area contributed by atoms with Crippen LogP contribution in [0.3, 0.4) is 0 Å². The van der Waals surface area contributed by atoms with Gasteiger partial charge in [0, 0.05) is 6.54 Å². The lowest BCUT2D eigenvalue weighted by Crippen LogP contribution is -2.51. The maximum absolute atomic E-state index is 12.4. The fraction of sp³-hybridized carbons (Fsp3) is 0.750. The molecule has 0 spiro atoms. The molecule has 0 aliphatic heterocycles. The van der Waals surface area contributed by atoms with Crippen molar-refractivity contribution >= 4 is 17.8 Å². The standard InChI is InChI=1S/C12H20N2O5/c1-2-14(8-9(15)13-19)10(16)12(11(17)18)6-4-3-5-7-12/h19H,2-8H2,1H3,(H,13,15)(H,17,18). The van der Waals surface area contributed by atoms with Crippen molar-refractivity contribution in [2.24, 2.45) is 5.41 Å². The van der Waals surface area contributed by atoms with Crippen LogP contribution in [0.25, 0.3) is 0 Å². The van der Waals surface area contributed by atoms with Crippen LogP contribution in [0, 0.1) is 5.41 Å². The van der Waals surface area contributed by atoms with Gasteiger partial charge in [-0.05, 0) is 19.8 Å². The summed E-state index contributed by atoms with van der Waals surface area (Å²) in [6.07, 6.45) is 2.92. The first-order valence-electron chi connectivity index (χ1n) is 6.43. The second-order valence-corrected chi connectivity index (χ2v) is 4.80. The summed E-state index contributed by atoms with van der Waals surface area (Å²) < 4.78 is 0. The Kier molecular flexibility index (Phi) is 5.29. The highest BCUT2D eigenvalue weighted by atomic mass is 16.5. The van der Waals surface area contributed by atoms with E-state index in [2.05, 4.69) is 0 Å². The molecule has 7 heteroatoms. The molecule has 0 heterocycles. The highest BCUT2D eigenvalue weighted by Gasteiger charge is 2.48. The largest absolute Gasteiger partial charge is 0.480 e. The normalized spacial score (nSPS) is 17.6. The molecule has 0 bridgehead atoms. The van der Waals surface area contributed by atoms with Crippen molar-refractivity contribution in [2.75, 3.05) is 13.1 Å². The summed E-state index contributed by atoms with van der Waals surface area (Å²) in [4.78, 5) is 36.2. The van der Waals surface area contributed by atoms with Crippen LogP contribution in [0.4, 0.5) is 0 Å². The Balaban J connectivity index is 2.91. The summed E-state index contributed by atoms with van der Waals surface area (Å²) in [5, 5.41) is 17.9. The minimum absolute atomic E-state index is 0.223. The van der Waals surface area contributed by atoms with Gasteiger partial charge in [-0.25, -0.2) is 5.48 Å². The molecule has 0 radical (unpaired) electrons. The first-order chi connectivity index (χ1) is 8.97. The second-order valence-electron chi connectivity index (χ2n) is 4.80. The minimum atomic E-state index is -1.41.